The Hall–Kier alpha value is -3.18. The summed E-state index contributed by atoms with van der Waals surface area (Å²) in [5.41, 5.74) is 2.25. The van der Waals surface area contributed by atoms with Gasteiger partial charge in [-0.1, -0.05) is 35.9 Å². The van der Waals surface area contributed by atoms with E-state index in [1.165, 1.54) is 0 Å². The van der Waals surface area contributed by atoms with Gasteiger partial charge in [0, 0.05) is 23.9 Å². The third-order valence-electron chi connectivity index (χ3n) is 5.15. The lowest BCUT2D eigenvalue weighted by Crippen LogP contribution is -2.16. The fourth-order valence-electron chi connectivity index (χ4n) is 3.36. The summed E-state index contributed by atoms with van der Waals surface area (Å²) in [7, 11) is 0. The first-order valence-corrected chi connectivity index (χ1v) is 11.4. The van der Waals surface area contributed by atoms with Crippen LogP contribution in [0, 0.1) is 6.92 Å². The molecule has 0 fully saturated rings. The first kappa shape index (κ1) is 24.5. The third kappa shape index (κ3) is 8.03. The molecule has 1 atom stereocenters. The lowest BCUT2D eigenvalue weighted by molar-refractivity contribution is -0.137. The quantitative estimate of drug-likeness (QED) is 0.307. The van der Waals surface area contributed by atoms with Crippen LogP contribution in [0.25, 0.3) is 0 Å². The molecule has 0 aliphatic heterocycles. The highest BCUT2D eigenvalue weighted by Crippen LogP contribution is 2.35. The van der Waals surface area contributed by atoms with Crippen LogP contribution in [0.3, 0.4) is 0 Å². The lowest BCUT2D eigenvalue weighted by atomic mass is 10.0. The Bertz CT molecular complexity index is 1050. The second-order valence-corrected chi connectivity index (χ2v) is 8.34. The minimum atomic E-state index is -0.763. The molecular weight excluding hydrogens is 440 g/mol. The van der Waals surface area contributed by atoms with E-state index < -0.39 is 5.97 Å². The van der Waals surface area contributed by atoms with E-state index in [4.69, 9.17) is 30.9 Å². The van der Waals surface area contributed by atoms with E-state index in [1.54, 1.807) is 12.1 Å². The van der Waals surface area contributed by atoms with Crippen molar-refractivity contribution >= 4 is 17.6 Å². The summed E-state index contributed by atoms with van der Waals surface area (Å²) in [5, 5.41) is 9.37. The molecule has 0 saturated heterocycles. The molecule has 3 rings (SSSR count). The zero-order valence-electron chi connectivity index (χ0n) is 18.9. The fourth-order valence-corrected chi connectivity index (χ4v) is 3.52. The van der Waals surface area contributed by atoms with Crippen molar-refractivity contribution in [2.45, 2.75) is 45.6 Å². The molecule has 5 nitrogen and oxygen atoms in total. The number of aryl methyl sites for hydroxylation is 2. The van der Waals surface area contributed by atoms with Crippen LogP contribution in [0.1, 0.15) is 37.3 Å². The first-order chi connectivity index (χ1) is 15.9. The van der Waals surface area contributed by atoms with E-state index in [1.807, 2.05) is 68.4 Å². The Kier molecular flexibility index (Phi) is 9.02. The molecule has 6 heteroatoms. The smallest absolute Gasteiger partial charge is 0.303 e. The van der Waals surface area contributed by atoms with Gasteiger partial charge in [0.05, 0.1) is 12.7 Å². The molecule has 0 spiro atoms. The van der Waals surface area contributed by atoms with Gasteiger partial charge in [-0.2, -0.15) is 0 Å². The predicted octanol–water partition coefficient (Wildman–Crippen LogP) is 7.08. The molecule has 3 aromatic rings. The summed E-state index contributed by atoms with van der Waals surface area (Å²) in [6.45, 7) is 4.51. The lowest BCUT2D eigenvalue weighted by Gasteiger charge is -2.18. The molecule has 3 aromatic carbocycles. The van der Waals surface area contributed by atoms with Gasteiger partial charge in [-0.3, -0.25) is 4.79 Å². The molecule has 33 heavy (non-hydrogen) atoms. The van der Waals surface area contributed by atoms with Crippen LogP contribution in [0.2, 0.25) is 5.02 Å². The molecular formula is C27H29ClO5. The number of benzene rings is 3. The van der Waals surface area contributed by atoms with Gasteiger partial charge in [0.15, 0.2) is 11.5 Å². The SMILES string of the molecule is Cc1cc(OCC[C@@H](C)Oc2ccc(Cl)cc2Oc2ccccc2)ccc1CCCC(=O)O. The summed E-state index contributed by atoms with van der Waals surface area (Å²) in [6.07, 6.45) is 2.15. The highest BCUT2D eigenvalue weighted by atomic mass is 35.5. The van der Waals surface area contributed by atoms with Crippen molar-refractivity contribution in [1.82, 2.24) is 0 Å². The molecule has 0 aromatic heterocycles. The Labute approximate surface area is 199 Å². The van der Waals surface area contributed by atoms with Crippen LogP contribution < -0.4 is 14.2 Å². The van der Waals surface area contributed by atoms with E-state index in [0.717, 1.165) is 23.3 Å². The Morgan fingerprint density at radius 1 is 1.00 bits per heavy atom. The maximum absolute atomic E-state index is 10.7. The minimum absolute atomic E-state index is 0.0966. The number of rotatable bonds is 12. The van der Waals surface area contributed by atoms with E-state index in [0.29, 0.717) is 41.7 Å². The minimum Gasteiger partial charge on any atom is -0.493 e. The number of hydrogen-bond donors (Lipinski definition) is 1. The molecule has 0 bridgehead atoms. The summed E-state index contributed by atoms with van der Waals surface area (Å²) in [5.74, 6) is 1.93. The molecule has 0 radical (unpaired) electrons. The van der Waals surface area contributed by atoms with Crippen LogP contribution >= 0.6 is 11.6 Å². The highest BCUT2D eigenvalue weighted by Gasteiger charge is 2.12. The molecule has 1 N–H and O–H groups in total. The monoisotopic (exact) mass is 468 g/mol. The number of carbonyl (C=O) groups is 1. The average Bonchev–Trinajstić information content (AvgIpc) is 2.77. The van der Waals surface area contributed by atoms with Crippen LogP contribution in [-0.4, -0.2) is 23.8 Å². The van der Waals surface area contributed by atoms with Crippen molar-refractivity contribution < 1.29 is 24.1 Å². The number of carboxylic acids is 1. The standard InChI is InChI=1S/C27H29ClO5/c1-19-17-24(13-11-21(19)7-6-10-27(29)30)31-16-15-20(2)32-25-14-12-22(28)18-26(25)33-23-8-4-3-5-9-23/h3-5,8-9,11-14,17-18,20H,6-7,10,15-16H2,1-2H3,(H,29,30)/t20-/m1/s1. The largest absolute Gasteiger partial charge is 0.493 e. The van der Waals surface area contributed by atoms with Crippen molar-refractivity contribution in [2.75, 3.05) is 6.61 Å². The van der Waals surface area contributed by atoms with Gasteiger partial charge in [0.25, 0.3) is 0 Å². The topological polar surface area (TPSA) is 65.0 Å². The second-order valence-electron chi connectivity index (χ2n) is 7.91. The molecule has 0 saturated carbocycles. The first-order valence-electron chi connectivity index (χ1n) is 11.0. The molecule has 174 valence electrons. The van der Waals surface area contributed by atoms with E-state index in [9.17, 15) is 4.79 Å². The molecule has 0 amide bonds. The van der Waals surface area contributed by atoms with Crippen molar-refractivity contribution in [3.63, 3.8) is 0 Å². The molecule has 0 aliphatic carbocycles. The van der Waals surface area contributed by atoms with Crippen LogP contribution in [-0.2, 0) is 11.2 Å². The van der Waals surface area contributed by atoms with Crippen LogP contribution in [0.15, 0.2) is 66.7 Å². The Balaban J connectivity index is 1.51. The van der Waals surface area contributed by atoms with Crippen molar-refractivity contribution in [2.24, 2.45) is 0 Å². The van der Waals surface area contributed by atoms with E-state index in [-0.39, 0.29) is 12.5 Å². The zero-order chi connectivity index (χ0) is 23.6. The molecule has 0 aliphatic rings. The number of para-hydroxylation sites is 1. The normalized spacial score (nSPS) is 11.6. The summed E-state index contributed by atoms with van der Waals surface area (Å²) in [4.78, 5) is 10.7. The van der Waals surface area contributed by atoms with E-state index >= 15 is 0 Å². The summed E-state index contributed by atoms with van der Waals surface area (Å²) in [6, 6.07) is 20.8. The van der Waals surface area contributed by atoms with Crippen molar-refractivity contribution in [3.8, 4) is 23.0 Å². The van der Waals surface area contributed by atoms with E-state index in [2.05, 4.69) is 0 Å². The van der Waals surface area contributed by atoms with Crippen molar-refractivity contribution in [1.29, 1.82) is 0 Å². The number of ether oxygens (including phenoxy) is 3. The highest BCUT2D eigenvalue weighted by molar-refractivity contribution is 6.30. The molecule has 0 heterocycles. The van der Waals surface area contributed by atoms with Crippen LogP contribution in [0.4, 0.5) is 0 Å². The Morgan fingerprint density at radius 2 is 1.79 bits per heavy atom. The molecule has 0 unspecified atom stereocenters. The third-order valence-corrected chi connectivity index (χ3v) is 5.38. The summed E-state index contributed by atoms with van der Waals surface area (Å²) < 4.78 is 18.0. The number of halogens is 1. The van der Waals surface area contributed by atoms with Gasteiger partial charge in [-0.15, -0.1) is 0 Å². The van der Waals surface area contributed by atoms with Crippen molar-refractivity contribution in [3.05, 3.63) is 82.9 Å². The van der Waals surface area contributed by atoms with Gasteiger partial charge in [-0.05, 0) is 74.2 Å². The maximum atomic E-state index is 10.7. The average molecular weight is 469 g/mol. The van der Waals surface area contributed by atoms with Gasteiger partial charge in [0.1, 0.15) is 11.5 Å². The number of carboxylic acid groups (broad SMARTS) is 1. The van der Waals surface area contributed by atoms with Gasteiger partial charge in [0.2, 0.25) is 0 Å². The second kappa shape index (κ2) is 12.2. The maximum Gasteiger partial charge on any atom is 0.303 e. The number of aliphatic carboxylic acids is 1. The van der Waals surface area contributed by atoms with Gasteiger partial charge < -0.3 is 19.3 Å². The fraction of sp³-hybridized carbons (Fsp3) is 0.296. The van der Waals surface area contributed by atoms with Crippen LogP contribution in [0.5, 0.6) is 23.0 Å². The predicted molar refractivity (Wildman–Crippen MR) is 130 cm³/mol. The number of hydrogen-bond acceptors (Lipinski definition) is 4. The summed E-state index contributed by atoms with van der Waals surface area (Å²) >= 11 is 6.16. The Morgan fingerprint density at radius 3 is 2.52 bits per heavy atom. The van der Waals surface area contributed by atoms with Gasteiger partial charge in [-0.25, -0.2) is 0 Å². The zero-order valence-corrected chi connectivity index (χ0v) is 19.7. The van der Waals surface area contributed by atoms with Gasteiger partial charge >= 0.3 is 5.97 Å².